The Morgan fingerprint density at radius 2 is 1.81 bits per heavy atom. The van der Waals surface area contributed by atoms with Crippen molar-refractivity contribution in [3.63, 3.8) is 0 Å². The Hall–Kier alpha value is -1.78. The summed E-state index contributed by atoms with van der Waals surface area (Å²) in [4.78, 5) is 23.8. The number of allylic oxidation sites excluding steroid dienone is 1. The highest BCUT2D eigenvalue weighted by atomic mass is 16.2. The van der Waals surface area contributed by atoms with Crippen LogP contribution in [0, 0.1) is 0 Å². The summed E-state index contributed by atoms with van der Waals surface area (Å²) in [6.45, 7) is 1.95. The SMILES string of the molecule is [B]N1C(=O)C(/C=C\NC)=C(/C=C/CC)C1=O. The van der Waals surface area contributed by atoms with Crippen LogP contribution in [-0.2, 0) is 9.59 Å². The molecular formula is C11H13BN2O2. The smallest absolute Gasteiger partial charge is 0.248 e. The molecule has 0 aromatic rings. The van der Waals surface area contributed by atoms with Gasteiger partial charge in [-0.25, -0.2) is 0 Å². The zero-order valence-corrected chi connectivity index (χ0v) is 9.36. The van der Waals surface area contributed by atoms with Crippen molar-refractivity contribution in [2.75, 3.05) is 7.05 Å². The molecule has 0 bridgehead atoms. The number of carbonyl (C=O) groups excluding carboxylic acids is 2. The molecule has 0 unspecified atom stereocenters. The van der Waals surface area contributed by atoms with Crippen molar-refractivity contribution in [3.8, 4) is 0 Å². The van der Waals surface area contributed by atoms with Crippen LogP contribution in [0.15, 0.2) is 35.6 Å². The van der Waals surface area contributed by atoms with Gasteiger partial charge in [-0.3, -0.25) is 9.59 Å². The minimum atomic E-state index is -0.479. The molecule has 4 nitrogen and oxygen atoms in total. The monoisotopic (exact) mass is 216 g/mol. The predicted octanol–water partition coefficient (Wildman–Crippen LogP) is 0.435. The molecule has 82 valence electrons. The Labute approximate surface area is 96.1 Å². The highest BCUT2D eigenvalue weighted by Gasteiger charge is 2.31. The maximum absolute atomic E-state index is 11.6. The maximum Gasteiger partial charge on any atom is 0.248 e. The van der Waals surface area contributed by atoms with Crippen LogP contribution >= 0.6 is 0 Å². The third kappa shape index (κ3) is 2.24. The molecule has 0 fully saturated rings. The van der Waals surface area contributed by atoms with E-state index >= 15 is 0 Å². The van der Waals surface area contributed by atoms with E-state index in [2.05, 4.69) is 5.32 Å². The van der Waals surface area contributed by atoms with Gasteiger partial charge in [-0.05, 0) is 18.7 Å². The van der Waals surface area contributed by atoms with Crippen molar-refractivity contribution in [1.82, 2.24) is 10.1 Å². The first kappa shape index (κ1) is 12.3. The summed E-state index contributed by atoms with van der Waals surface area (Å²) in [6, 6.07) is 0. The van der Waals surface area contributed by atoms with Crippen LogP contribution in [0.1, 0.15) is 13.3 Å². The Bertz CT molecular complexity index is 361. The lowest BCUT2D eigenvalue weighted by Gasteiger charge is -2.05. The minimum Gasteiger partial charge on any atom is -0.394 e. The molecule has 0 atom stereocenters. The van der Waals surface area contributed by atoms with E-state index in [1.54, 1.807) is 25.4 Å². The van der Waals surface area contributed by atoms with E-state index in [0.29, 0.717) is 16.0 Å². The van der Waals surface area contributed by atoms with Gasteiger partial charge < -0.3 is 10.1 Å². The standard InChI is InChI=1S/C11H13BN2O2/c1-3-4-5-8-9(6-7-13-2)11(16)14(12)10(8)15/h4-7,13H,3H2,1-2H3/b5-4+,7-6-. The molecule has 0 saturated carbocycles. The van der Waals surface area contributed by atoms with Crippen LogP contribution in [0.2, 0.25) is 0 Å². The van der Waals surface area contributed by atoms with E-state index in [9.17, 15) is 9.59 Å². The van der Waals surface area contributed by atoms with E-state index in [-0.39, 0.29) is 0 Å². The van der Waals surface area contributed by atoms with E-state index < -0.39 is 11.8 Å². The quantitative estimate of drug-likeness (QED) is 0.547. The predicted molar refractivity (Wildman–Crippen MR) is 62.3 cm³/mol. The van der Waals surface area contributed by atoms with Crippen molar-refractivity contribution in [1.29, 1.82) is 0 Å². The molecule has 0 aromatic heterocycles. The fraction of sp³-hybridized carbons (Fsp3) is 0.273. The molecule has 16 heavy (non-hydrogen) atoms. The summed E-state index contributed by atoms with van der Waals surface area (Å²) in [6.07, 6.45) is 7.36. The van der Waals surface area contributed by atoms with Crippen molar-refractivity contribution in [2.45, 2.75) is 13.3 Å². The van der Waals surface area contributed by atoms with Gasteiger partial charge in [0.2, 0.25) is 19.8 Å². The lowest BCUT2D eigenvalue weighted by Crippen LogP contribution is -2.28. The van der Waals surface area contributed by atoms with Crippen LogP contribution in [0.3, 0.4) is 0 Å². The maximum atomic E-state index is 11.6. The number of hydrogen-bond acceptors (Lipinski definition) is 3. The van der Waals surface area contributed by atoms with Crippen molar-refractivity contribution in [3.05, 3.63) is 35.6 Å². The largest absolute Gasteiger partial charge is 0.394 e. The number of amides is 2. The normalized spacial score (nSPS) is 17.2. The summed E-state index contributed by atoms with van der Waals surface area (Å²) in [7, 11) is 7.06. The fourth-order valence-corrected chi connectivity index (χ4v) is 1.31. The Morgan fingerprint density at radius 1 is 1.25 bits per heavy atom. The first-order chi connectivity index (χ1) is 7.63. The topological polar surface area (TPSA) is 49.4 Å². The second-order valence-corrected chi connectivity index (χ2v) is 3.24. The van der Waals surface area contributed by atoms with Gasteiger partial charge in [0, 0.05) is 7.05 Å². The summed E-state index contributed by atoms with van der Waals surface area (Å²) in [5, 5.41) is 2.76. The van der Waals surface area contributed by atoms with Gasteiger partial charge >= 0.3 is 0 Å². The van der Waals surface area contributed by atoms with Crippen molar-refractivity contribution < 1.29 is 9.59 Å². The summed E-state index contributed by atoms with van der Waals surface area (Å²) >= 11 is 0. The van der Waals surface area contributed by atoms with E-state index in [0.717, 1.165) is 6.42 Å². The average molecular weight is 216 g/mol. The number of rotatable bonds is 4. The van der Waals surface area contributed by atoms with Gasteiger partial charge in [0.15, 0.2) is 0 Å². The number of carbonyl (C=O) groups is 2. The molecule has 1 heterocycles. The van der Waals surface area contributed by atoms with Crippen LogP contribution in [0.25, 0.3) is 0 Å². The fourth-order valence-electron chi connectivity index (χ4n) is 1.31. The molecular weight excluding hydrogens is 203 g/mol. The second-order valence-electron chi connectivity index (χ2n) is 3.24. The summed E-state index contributed by atoms with van der Waals surface area (Å²) < 4.78 is 0. The van der Waals surface area contributed by atoms with Crippen molar-refractivity contribution in [2.24, 2.45) is 0 Å². The number of hydrogen-bond donors (Lipinski definition) is 1. The minimum absolute atomic E-state index is 0.312. The Kier molecular flexibility index (Phi) is 4.11. The van der Waals surface area contributed by atoms with E-state index in [1.165, 1.54) is 0 Å². The molecule has 0 aromatic carbocycles. The van der Waals surface area contributed by atoms with Gasteiger partial charge in [-0.1, -0.05) is 19.1 Å². The Balaban J connectivity index is 3.13. The van der Waals surface area contributed by atoms with Gasteiger partial charge in [-0.15, -0.1) is 0 Å². The first-order valence-electron chi connectivity index (χ1n) is 5.01. The molecule has 2 radical (unpaired) electrons. The first-order valence-corrected chi connectivity index (χ1v) is 5.01. The lowest BCUT2D eigenvalue weighted by atomic mass is 10.1. The molecule has 0 spiro atoms. The van der Waals surface area contributed by atoms with Gasteiger partial charge in [0.25, 0.3) is 0 Å². The summed E-state index contributed by atoms with van der Waals surface area (Å²) in [5.41, 5.74) is 0.646. The zero-order chi connectivity index (χ0) is 12.1. The average Bonchev–Trinajstić information content (AvgIpc) is 2.49. The highest BCUT2D eigenvalue weighted by Crippen LogP contribution is 2.21. The molecule has 1 aliphatic rings. The third-order valence-corrected chi connectivity index (χ3v) is 2.13. The highest BCUT2D eigenvalue weighted by molar-refractivity contribution is 6.36. The zero-order valence-electron chi connectivity index (χ0n) is 9.36. The Morgan fingerprint density at radius 3 is 2.31 bits per heavy atom. The van der Waals surface area contributed by atoms with Gasteiger partial charge in [-0.2, -0.15) is 0 Å². The number of nitrogens with zero attached hydrogens (tertiary/aromatic N) is 1. The van der Waals surface area contributed by atoms with E-state index in [4.69, 9.17) is 7.98 Å². The molecule has 1 N–H and O–H groups in total. The number of imide groups is 1. The number of nitrogens with one attached hydrogen (secondary N) is 1. The van der Waals surface area contributed by atoms with Gasteiger partial charge in [0.1, 0.15) is 0 Å². The van der Waals surface area contributed by atoms with Crippen LogP contribution in [-0.4, -0.2) is 31.7 Å². The molecule has 0 saturated heterocycles. The van der Waals surface area contributed by atoms with Crippen LogP contribution in [0.4, 0.5) is 0 Å². The molecule has 5 heteroatoms. The van der Waals surface area contributed by atoms with Crippen LogP contribution < -0.4 is 5.32 Å². The lowest BCUT2D eigenvalue weighted by molar-refractivity contribution is -0.131. The second kappa shape index (κ2) is 5.35. The molecule has 1 rings (SSSR count). The molecule has 2 amide bonds. The molecule has 1 aliphatic heterocycles. The molecule has 0 aliphatic carbocycles. The summed E-state index contributed by atoms with van der Waals surface area (Å²) in [5.74, 6) is -0.947. The van der Waals surface area contributed by atoms with Crippen LogP contribution in [0.5, 0.6) is 0 Å². The van der Waals surface area contributed by atoms with E-state index in [1.807, 2.05) is 13.0 Å². The third-order valence-electron chi connectivity index (χ3n) is 2.13. The van der Waals surface area contributed by atoms with Crippen molar-refractivity contribution >= 4 is 19.8 Å². The van der Waals surface area contributed by atoms with Gasteiger partial charge in [0.05, 0.1) is 11.1 Å².